The van der Waals surface area contributed by atoms with Crippen LogP contribution in [0.1, 0.15) is 18.9 Å². The summed E-state index contributed by atoms with van der Waals surface area (Å²) >= 11 is 0. The van der Waals surface area contributed by atoms with E-state index in [0.29, 0.717) is 6.61 Å². The molecule has 2 aromatic carbocycles. The average molecular weight is 392 g/mol. The number of piperazine rings is 1. The summed E-state index contributed by atoms with van der Waals surface area (Å²) < 4.78 is 5.92. The number of aryl methyl sites for hydroxylation is 1. The Kier molecular flexibility index (Phi) is 6.15. The van der Waals surface area contributed by atoms with Crippen LogP contribution < -0.4 is 15.2 Å². The van der Waals surface area contributed by atoms with Gasteiger partial charge in [-0.1, -0.05) is 19.1 Å². The van der Waals surface area contributed by atoms with E-state index in [9.17, 15) is 4.79 Å². The van der Waals surface area contributed by atoms with Gasteiger partial charge in [0.25, 0.3) is 0 Å². The normalized spacial score (nSPS) is 15.0. The number of nitrogens with one attached hydrogen (secondary N) is 1. The van der Waals surface area contributed by atoms with Crippen molar-refractivity contribution in [2.45, 2.75) is 19.8 Å². The van der Waals surface area contributed by atoms with Crippen LogP contribution in [-0.2, 0) is 6.42 Å². The molecule has 2 heterocycles. The molecule has 0 unspecified atom stereocenters. The second kappa shape index (κ2) is 9.14. The molecule has 4 rings (SSSR count). The molecule has 0 radical (unpaired) electrons. The molecular formula is C24H29N3O2. The molecule has 1 fully saturated rings. The van der Waals surface area contributed by atoms with Gasteiger partial charge in [0.1, 0.15) is 5.75 Å². The quantitative estimate of drug-likeness (QED) is 0.624. The van der Waals surface area contributed by atoms with Gasteiger partial charge < -0.3 is 14.6 Å². The number of fused-ring (bicyclic) bond motifs is 1. The number of ether oxygens (including phenoxy) is 1. The molecule has 1 aliphatic rings. The summed E-state index contributed by atoms with van der Waals surface area (Å²) in [7, 11) is 0. The van der Waals surface area contributed by atoms with Crippen molar-refractivity contribution >= 4 is 16.6 Å². The van der Waals surface area contributed by atoms with Gasteiger partial charge in [-0.05, 0) is 54.8 Å². The number of nitrogens with zero attached hydrogens (tertiary/aromatic N) is 2. The number of pyridine rings is 1. The van der Waals surface area contributed by atoms with Crippen molar-refractivity contribution < 1.29 is 4.74 Å². The highest BCUT2D eigenvalue weighted by molar-refractivity contribution is 5.79. The first kappa shape index (κ1) is 19.5. The molecular weight excluding hydrogens is 362 g/mol. The highest BCUT2D eigenvalue weighted by atomic mass is 16.5. The number of aromatic nitrogens is 1. The Hall–Kier alpha value is -2.79. The first-order chi connectivity index (χ1) is 14.2. The number of rotatable bonds is 7. The van der Waals surface area contributed by atoms with Gasteiger partial charge in [0.15, 0.2) is 0 Å². The molecule has 0 atom stereocenters. The highest BCUT2D eigenvalue weighted by Crippen LogP contribution is 2.19. The predicted octanol–water partition coefficient (Wildman–Crippen LogP) is 3.68. The van der Waals surface area contributed by atoms with Crippen molar-refractivity contribution in [3.63, 3.8) is 0 Å². The minimum absolute atomic E-state index is 0.0794. The number of hydrogen-bond donors (Lipinski definition) is 1. The Bertz CT molecular complexity index is 989. The van der Waals surface area contributed by atoms with E-state index in [1.165, 1.54) is 11.3 Å². The molecule has 1 N–H and O–H groups in total. The molecule has 29 heavy (non-hydrogen) atoms. The van der Waals surface area contributed by atoms with E-state index >= 15 is 0 Å². The number of aromatic amines is 1. The number of anilines is 1. The van der Waals surface area contributed by atoms with Gasteiger partial charge >= 0.3 is 0 Å². The molecule has 5 nitrogen and oxygen atoms in total. The fourth-order valence-corrected chi connectivity index (χ4v) is 3.87. The van der Waals surface area contributed by atoms with Crippen LogP contribution in [0, 0.1) is 0 Å². The van der Waals surface area contributed by atoms with Crippen LogP contribution in [-0.4, -0.2) is 49.2 Å². The van der Waals surface area contributed by atoms with Gasteiger partial charge in [-0.25, -0.2) is 0 Å². The topological polar surface area (TPSA) is 48.6 Å². The number of H-pyrrole nitrogens is 1. The summed E-state index contributed by atoms with van der Waals surface area (Å²) in [6.45, 7) is 8.30. The van der Waals surface area contributed by atoms with Crippen LogP contribution in [0.3, 0.4) is 0 Å². The molecule has 1 aromatic heterocycles. The Morgan fingerprint density at radius 2 is 1.76 bits per heavy atom. The van der Waals surface area contributed by atoms with E-state index in [-0.39, 0.29) is 5.56 Å². The molecule has 0 amide bonds. The minimum Gasteiger partial charge on any atom is -0.494 e. The Morgan fingerprint density at radius 3 is 2.52 bits per heavy atom. The maximum absolute atomic E-state index is 11.4. The Balaban J connectivity index is 1.20. The van der Waals surface area contributed by atoms with E-state index in [1.54, 1.807) is 6.07 Å². The average Bonchev–Trinajstić information content (AvgIpc) is 2.77. The zero-order chi connectivity index (χ0) is 20.1. The summed E-state index contributed by atoms with van der Waals surface area (Å²) in [5.74, 6) is 0.852. The lowest BCUT2D eigenvalue weighted by molar-refractivity contribution is 0.225. The fraction of sp³-hybridized carbons (Fsp3) is 0.375. The number of benzene rings is 2. The SMILES string of the molecule is CCc1ccc(N2CCN(CCCOc3ccc4[nH]c(=O)ccc4c3)CC2)cc1. The molecule has 5 heteroatoms. The van der Waals surface area contributed by atoms with Crippen molar-refractivity contribution in [3.05, 3.63) is 70.5 Å². The fourth-order valence-electron chi connectivity index (χ4n) is 3.87. The molecule has 152 valence electrons. The van der Waals surface area contributed by atoms with Gasteiger partial charge in [0, 0.05) is 55.4 Å². The second-order valence-corrected chi connectivity index (χ2v) is 7.62. The van der Waals surface area contributed by atoms with E-state index < -0.39 is 0 Å². The van der Waals surface area contributed by atoms with Crippen molar-refractivity contribution in [2.75, 3.05) is 44.2 Å². The van der Waals surface area contributed by atoms with Crippen molar-refractivity contribution in [2.24, 2.45) is 0 Å². The monoisotopic (exact) mass is 391 g/mol. The molecule has 3 aromatic rings. The summed E-state index contributed by atoms with van der Waals surface area (Å²) in [6.07, 6.45) is 2.10. The van der Waals surface area contributed by atoms with Crippen molar-refractivity contribution in [1.82, 2.24) is 9.88 Å². The Labute approximate surface area is 171 Å². The number of hydrogen-bond acceptors (Lipinski definition) is 4. The smallest absolute Gasteiger partial charge is 0.248 e. The van der Waals surface area contributed by atoms with Crippen LogP contribution in [0.5, 0.6) is 5.75 Å². The van der Waals surface area contributed by atoms with Crippen molar-refractivity contribution in [3.8, 4) is 5.75 Å². The Morgan fingerprint density at radius 1 is 0.966 bits per heavy atom. The summed E-state index contributed by atoms with van der Waals surface area (Å²) in [5.41, 5.74) is 3.49. The van der Waals surface area contributed by atoms with Gasteiger partial charge in [0.05, 0.1) is 6.61 Å². The minimum atomic E-state index is -0.0794. The van der Waals surface area contributed by atoms with Gasteiger partial charge in [0.2, 0.25) is 5.56 Å². The van der Waals surface area contributed by atoms with E-state index in [2.05, 4.69) is 46.0 Å². The summed E-state index contributed by atoms with van der Waals surface area (Å²) in [4.78, 5) is 19.2. The summed E-state index contributed by atoms with van der Waals surface area (Å²) in [5, 5.41) is 0.991. The van der Waals surface area contributed by atoms with Gasteiger partial charge in [-0.15, -0.1) is 0 Å². The zero-order valence-corrected chi connectivity index (χ0v) is 17.1. The van der Waals surface area contributed by atoms with Crippen LogP contribution in [0.2, 0.25) is 0 Å². The van der Waals surface area contributed by atoms with Crippen molar-refractivity contribution in [1.29, 1.82) is 0 Å². The maximum atomic E-state index is 11.4. The lowest BCUT2D eigenvalue weighted by atomic mass is 10.1. The lowest BCUT2D eigenvalue weighted by Gasteiger charge is -2.36. The molecule has 0 saturated carbocycles. The van der Waals surface area contributed by atoms with E-state index in [1.807, 2.05) is 24.3 Å². The maximum Gasteiger partial charge on any atom is 0.248 e. The molecule has 1 aliphatic heterocycles. The largest absolute Gasteiger partial charge is 0.494 e. The second-order valence-electron chi connectivity index (χ2n) is 7.62. The van der Waals surface area contributed by atoms with Gasteiger partial charge in [-0.2, -0.15) is 0 Å². The molecule has 1 saturated heterocycles. The highest BCUT2D eigenvalue weighted by Gasteiger charge is 2.16. The standard InChI is InChI=1S/C24H29N3O2/c1-2-19-4-7-21(8-5-19)27-15-13-26(14-16-27)12-3-17-29-22-9-10-23-20(18-22)6-11-24(28)25-23/h4-11,18H,2-3,12-17H2,1H3,(H,25,28). The zero-order valence-electron chi connectivity index (χ0n) is 17.1. The first-order valence-electron chi connectivity index (χ1n) is 10.5. The van der Waals surface area contributed by atoms with Crippen LogP contribution in [0.25, 0.3) is 10.9 Å². The molecule has 0 spiro atoms. The molecule has 0 bridgehead atoms. The molecule has 0 aliphatic carbocycles. The summed E-state index contributed by atoms with van der Waals surface area (Å²) in [6, 6.07) is 18.2. The third-order valence-corrected chi connectivity index (χ3v) is 5.66. The van der Waals surface area contributed by atoms with E-state index in [0.717, 1.165) is 62.2 Å². The van der Waals surface area contributed by atoms with Crippen LogP contribution in [0.15, 0.2) is 59.4 Å². The third-order valence-electron chi connectivity index (χ3n) is 5.66. The lowest BCUT2D eigenvalue weighted by Crippen LogP contribution is -2.46. The van der Waals surface area contributed by atoms with Gasteiger partial charge in [-0.3, -0.25) is 9.69 Å². The first-order valence-corrected chi connectivity index (χ1v) is 10.5. The van der Waals surface area contributed by atoms with E-state index in [4.69, 9.17) is 4.74 Å². The third kappa shape index (κ3) is 4.98. The van der Waals surface area contributed by atoms with Crippen LogP contribution in [0.4, 0.5) is 5.69 Å². The van der Waals surface area contributed by atoms with Crippen LogP contribution >= 0.6 is 0 Å². The predicted molar refractivity (Wildman–Crippen MR) is 119 cm³/mol.